The van der Waals surface area contributed by atoms with Gasteiger partial charge in [0.2, 0.25) is 0 Å². The molecule has 166 valence electrons. The van der Waals surface area contributed by atoms with E-state index in [1.165, 1.54) is 0 Å². The van der Waals surface area contributed by atoms with Crippen molar-refractivity contribution in [1.29, 1.82) is 0 Å². The lowest BCUT2D eigenvalue weighted by Gasteiger charge is -2.38. The van der Waals surface area contributed by atoms with Gasteiger partial charge in [0.25, 0.3) is 5.91 Å². The molecular formula is C24H36N2O4. The fraction of sp³-hybridized carbons (Fsp3) is 0.625. The van der Waals surface area contributed by atoms with E-state index in [-0.39, 0.29) is 18.1 Å². The first-order chi connectivity index (χ1) is 14.1. The molecule has 0 saturated carbocycles. The molecule has 1 fully saturated rings. The Labute approximate surface area is 180 Å². The van der Waals surface area contributed by atoms with Gasteiger partial charge in [-0.3, -0.25) is 9.59 Å². The summed E-state index contributed by atoms with van der Waals surface area (Å²) in [6.07, 6.45) is 2.65. The van der Waals surface area contributed by atoms with Crippen LogP contribution in [0.15, 0.2) is 30.3 Å². The average Bonchev–Trinajstić information content (AvgIpc) is 3.19. The Morgan fingerprint density at radius 1 is 1.07 bits per heavy atom. The van der Waals surface area contributed by atoms with Crippen LogP contribution in [0.2, 0.25) is 0 Å². The molecule has 2 amide bonds. The first-order valence-electron chi connectivity index (χ1n) is 10.9. The summed E-state index contributed by atoms with van der Waals surface area (Å²) in [5, 5.41) is 2.71. The minimum absolute atomic E-state index is 0.211. The zero-order valence-electron chi connectivity index (χ0n) is 19.0. The van der Waals surface area contributed by atoms with Crippen LogP contribution in [0.1, 0.15) is 65.9 Å². The molecule has 2 rings (SSSR count). The van der Waals surface area contributed by atoms with E-state index in [4.69, 9.17) is 4.74 Å². The maximum Gasteiger partial charge on any atom is 0.408 e. The zero-order valence-corrected chi connectivity index (χ0v) is 19.0. The molecule has 0 aliphatic carbocycles. The van der Waals surface area contributed by atoms with Gasteiger partial charge in [0.15, 0.2) is 11.3 Å². The van der Waals surface area contributed by atoms with Crippen LogP contribution in [0.3, 0.4) is 0 Å². The number of rotatable bonds is 8. The molecular weight excluding hydrogens is 380 g/mol. The van der Waals surface area contributed by atoms with Crippen molar-refractivity contribution < 1.29 is 19.1 Å². The van der Waals surface area contributed by atoms with Crippen LogP contribution in [-0.2, 0) is 20.7 Å². The van der Waals surface area contributed by atoms with E-state index in [9.17, 15) is 14.4 Å². The maximum atomic E-state index is 13.5. The normalized spacial score (nSPS) is 16.3. The number of carbonyl (C=O) groups is 3. The highest BCUT2D eigenvalue weighted by Gasteiger charge is 2.52. The Morgan fingerprint density at radius 3 is 2.20 bits per heavy atom. The molecule has 0 spiro atoms. The molecule has 1 saturated heterocycles. The molecule has 1 heterocycles. The number of carbonyl (C=O) groups excluding carboxylic acids is 3. The Bertz CT molecular complexity index is 733. The number of aryl methyl sites for hydroxylation is 1. The molecule has 0 unspecified atom stereocenters. The van der Waals surface area contributed by atoms with Crippen molar-refractivity contribution in [3.05, 3.63) is 35.9 Å². The summed E-state index contributed by atoms with van der Waals surface area (Å²) in [6, 6.07) is 9.94. The number of likely N-dealkylation sites (tertiary alicyclic amines) is 1. The number of benzene rings is 1. The Morgan fingerprint density at radius 2 is 1.67 bits per heavy atom. The predicted octanol–water partition coefficient (Wildman–Crippen LogP) is 4.12. The summed E-state index contributed by atoms with van der Waals surface area (Å²) in [4.78, 5) is 41.3. The topological polar surface area (TPSA) is 75.7 Å². The molecule has 1 atom stereocenters. The molecule has 6 nitrogen and oxygen atoms in total. The number of alkyl carbamates (subject to hydrolysis) is 1. The summed E-state index contributed by atoms with van der Waals surface area (Å²) in [6.45, 7) is 10.1. The number of hydrogen-bond donors (Lipinski definition) is 1. The molecule has 1 N–H and O–H groups in total. The van der Waals surface area contributed by atoms with Gasteiger partial charge in [-0.05, 0) is 57.9 Å². The molecule has 1 aromatic rings. The molecule has 0 aromatic heterocycles. The first-order valence-corrected chi connectivity index (χ1v) is 10.9. The van der Waals surface area contributed by atoms with Crippen LogP contribution in [0.25, 0.3) is 0 Å². The minimum atomic E-state index is -1.61. The van der Waals surface area contributed by atoms with E-state index in [0.717, 1.165) is 24.8 Å². The fourth-order valence-corrected chi connectivity index (χ4v) is 3.88. The van der Waals surface area contributed by atoms with Crippen molar-refractivity contribution in [3.63, 3.8) is 0 Å². The van der Waals surface area contributed by atoms with E-state index in [1.807, 2.05) is 30.3 Å². The predicted molar refractivity (Wildman–Crippen MR) is 117 cm³/mol. The lowest BCUT2D eigenvalue weighted by Crippen LogP contribution is -2.67. The van der Waals surface area contributed by atoms with Gasteiger partial charge in [-0.15, -0.1) is 0 Å². The smallest absolute Gasteiger partial charge is 0.408 e. The van der Waals surface area contributed by atoms with Crippen LogP contribution in [-0.4, -0.2) is 46.9 Å². The van der Waals surface area contributed by atoms with Gasteiger partial charge < -0.3 is 15.0 Å². The van der Waals surface area contributed by atoms with Gasteiger partial charge in [-0.2, -0.15) is 0 Å². The minimum Gasteiger partial charge on any atom is -0.444 e. The standard InChI is InChI=1S/C24H36N2O4/c1-18(2)24(21(28)26-16-9-10-17-26,25-22(29)30-23(3,4)5)20(27)15-11-14-19-12-7-6-8-13-19/h6-8,12-13,18H,9-11,14-17H2,1-5H3,(H,25,29)/t24-/m0/s1. The number of ketones is 1. The monoisotopic (exact) mass is 416 g/mol. The largest absolute Gasteiger partial charge is 0.444 e. The quantitative estimate of drug-likeness (QED) is 0.647. The second-order valence-corrected chi connectivity index (χ2v) is 9.35. The van der Waals surface area contributed by atoms with Crippen molar-refractivity contribution in [1.82, 2.24) is 10.2 Å². The van der Waals surface area contributed by atoms with E-state index in [1.54, 1.807) is 39.5 Å². The third-order valence-electron chi connectivity index (χ3n) is 5.45. The van der Waals surface area contributed by atoms with Crippen LogP contribution < -0.4 is 5.32 Å². The van der Waals surface area contributed by atoms with Crippen LogP contribution >= 0.6 is 0 Å². The van der Waals surface area contributed by atoms with Crippen molar-refractivity contribution in [2.45, 2.75) is 77.9 Å². The average molecular weight is 417 g/mol. The summed E-state index contributed by atoms with van der Waals surface area (Å²) in [5.74, 6) is -0.968. The number of hydrogen-bond acceptors (Lipinski definition) is 4. The van der Waals surface area contributed by atoms with Gasteiger partial charge in [-0.25, -0.2) is 4.79 Å². The highest BCUT2D eigenvalue weighted by molar-refractivity contribution is 6.12. The number of ether oxygens (including phenoxy) is 1. The van der Waals surface area contributed by atoms with Crippen molar-refractivity contribution in [3.8, 4) is 0 Å². The Balaban J connectivity index is 2.23. The van der Waals surface area contributed by atoms with Crippen molar-refractivity contribution in [2.75, 3.05) is 13.1 Å². The van der Waals surface area contributed by atoms with E-state index in [0.29, 0.717) is 19.5 Å². The molecule has 1 aromatic carbocycles. The summed E-state index contributed by atoms with van der Waals surface area (Å²) < 4.78 is 5.41. The van der Waals surface area contributed by atoms with E-state index in [2.05, 4.69) is 5.32 Å². The van der Waals surface area contributed by atoms with Crippen molar-refractivity contribution in [2.24, 2.45) is 5.92 Å². The maximum absolute atomic E-state index is 13.5. The summed E-state index contributed by atoms with van der Waals surface area (Å²) in [7, 11) is 0. The number of Topliss-reactive ketones (excluding diaryl/α,β-unsaturated/α-hetero) is 1. The first kappa shape index (κ1) is 23.9. The second-order valence-electron chi connectivity index (χ2n) is 9.35. The van der Waals surface area contributed by atoms with Crippen LogP contribution in [0.4, 0.5) is 4.79 Å². The van der Waals surface area contributed by atoms with E-state index < -0.39 is 23.2 Å². The molecule has 30 heavy (non-hydrogen) atoms. The molecule has 1 aliphatic heterocycles. The van der Waals surface area contributed by atoms with Gasteiger partial charge >= 0.3 is 6.09 Å². The number of nitrogens with one attached hydrogen (secondary N) is 1. The number of amides is 2. The highest BCUT2D eigenvalue weighted by Crippen LogP contribution is 2.27. The number of nitrogens with zero attached hydrogens (tertiary/aromatic N) is 1. The summed E-state index contributed by atoms with van der Waals surface area (Å²) >= 11 is 0. The Hall–Kier alpha value is -2.37. The van der Waals surface area contributed by atoms with Gasteiger partial charge in [-0.1, -0.05) is 44.2 Å². The molecule has 0 bridgehead atoms. The second kappa shape index (κ2) is 10.1. The Kier molecular flexibility index (Phi) is 8.04. The zero-order chi connectivity index (χ0) is 22.4. The molecule has 0 radical (unpaired) electrons. The third kappa shape index (κ3) is 6.07. The van der Waals surface area contributed by atoms with E-state index >= 15 is 0 Å². The lowest BCUT2D eigenvalue weighted by molar-refractivity contribution is -0.147. The van der Waals surface area contributed by atoms with Gasteiger partial charge in [0, 0.05) is 19.5 Å². The highest BCUT2D eigenvalue weighted by atomic mass is 16.6. The van der Waals surface area contributed by atoms with Crippen molar-refractivity contribution >= 4 is 17.8 Å². The fourth-order valence-electron chi connectivity index (χ4n) is 3.88. The SMILES string of the molecule is CC(C)[C@](NC(=O)OC(C)(C)C)(C(=O)CCCc1ccccc1)C(=O)N1CCCC1. The molecule has 1 aliphatic rings. The molecule has 6 heteroatoms. The third-order valence-corrected chi connectivity index (χ3v) is 5.45. The van der Waals surface area contributed by atoms with Crippen LogP contribution in [0, 0.1) is 5.92 Å². The van der Waals surface area contributed by atoms with Crippen LogP contribution in [0.5, 0.6) is 0 Å². The summed E-state index contributed by atoms with van der Waals surface area (Å²) in [5.41, 5.74) is -1.19. The van der Waals surface area contributed by atoms with Gasteiger partial charge in [0.05, 0.1) is 0 Å². The van der Waals surface area contributed by atoms with Gasteiger partial charge in [0.1, 0.15) is 5.60 Å². The lowest BCUT2D eigenvalue weighted by atomic mass is 9.79.